The summed E-state index contributed by atoms with van der Waals surface area (Å²) in [5.41, 5.74) is -0.547. The molecule has 2 atom stereocenters. The van der Waals surface area contributed by atoms with Gasteiger partial charge >= 0.3 is 0 Å². The molecule has 0 N–H and O–H groups in total. The van der Waals surface area contributed by atoms with Gasteiger partial charge in [-0.3, -0.25) is 4.79 Å². The van der Waals surface area contributed by atoms with Crippen LogP contribution < -0.4 is 0 Å². The monoisotopic (exact) mass is 196 g/mol. The molecule has 0 aromatic carbocycles. The van der Waals surface area contributed by atoms with Gasteiger partial charge in [-0.25, -0.2) is 0 Å². The molecule has 0 aromatic heterocycles. The second-order valence-electron chi connectivity index (χ2n) is 4.20. The van der Waals surface area contributed by atoms with Crippen molar-refractivity contribution in [3.05, 3.63) is 12.7 Å². The van der Waals surface area contributed by atoms with Crippen molar-refractivity contribution in [1.29, 1.82) is 0 Å². The molecule has 2 unspecified atom stereocenters. The van der Waals surface area contributed by atoms with Crippen LogP contribution >= 0.6 is 0 Å². The largest absolute Gasteiger partial charge is 0.367 e. The normalized spacial score (nSPS) is 32.6. The first-order valence-electron chi connectivity index (χ1n) is 5.45. The zero-order valence-corrected chi connectivity index (χ0v) is 9.21. The summed E-state index contributed by atoms with van der Waals surface area (Å²) < 4.78 is 5.67. The van der Waals surface area contributed by atoms with Crippen LogP contribution in [-0.2, 0) is 9.53 Å². The summed E-state index contributed by atoms with van der Waals surface area (Å²) in [4.78, 5) is 11.8. The Morgan fingerprint density at radius 1 is 1.71 bits per heavy atom. The van der Waals surface area contributed by atoms with Crippen molar-refractivity contribution in [3.8, 4) is 0 Å². The predicted molar refractivity (Wildman–Crippen MR) is 57.2 cm³/mol. The van der Waals surface area contributed by atoms with Gasteiger partial charge in [0.15, 0.2) is 5.78 Å². The van der Waals surface area contributed by atoms with Gasteiger partial charge < -0.3 is 4.74 Å². The van der Waals surface area contributed by atoms with E-state index >= 15 is 0 Å². The minimum Gasteiger partial charge on any atom is -0.367 e. The summed E-state index contributed by atoms with van der Waals surface area (Å²) >= 11 is 0. The van der Waals surface area contributed by atoms with Crippen LogP contribution in [0.5, 0.6) is 0 Å². The molecule has 80 valence electrons. The Bertz CT molecular complexity index is 218. The van der Waals surface area contributed by atoms with Crippen LogP contribution in [0, 0.1) is 5.92 Å². The van der Waals surface area contributed by atoms with Crippen LogP contribution in [0.15, 0.2) is 12.7 Å². The lowest BCUT2D eigenvalue weighted by atomic mass is 9.76. The first-order valence-corrected chi connectivity index (χ1v) is 5.45. The molecule has 0 spiro atoms. The smallest absolute Gasteiger partial charge is 0.186 e. The fourth-order valence-electron chi connectivity index (χ4n) is 2.39. The summed E-state index contributed by atoms with van der Waals surface area (Å²) in [6.07, 6.45) is 5.41. The Morgan fingerprint density at radius 3 is 2.93 bits per heavy atom. The highest BCUT2D eigenvalue weighted by Gasteiger charge is 2.40. The molecule has 2 nitrogen and oxygen atoms in total. The number of rotatable bonds is 4. The number of hydrogen-bond acceptors (Lipinski definition) is 2. The third-order valence-corrected chi connectivity index (χ3v) is 3.01. The zero-order valence-electron chi connectivity index (χ0n) is 9.21. The van der Waals surface area contributed by atoms with Gasteiger partial charge in [0.25, 0.3) is 0 Å². The Morgan fingerprint density at radius 2 is 2.43 bits per heavy atom. The molecule has 1 aliphatic rings. The van der Waals surface area contributed by atoms with E-state index in [-0.39, 0.29) is 5.78 Å². The first-order chi connectivity index (χ1) is 6.64. The highest BCUT2D eigenvalue weighted by atomic mass is 16.5. The lowest BCUT2D eigenvalue weighted by Crippen LogP contribution is -2.44. The summed E-state index contributed by atoms with van der Waals surface area (Å²) in [6.45, 7) is 8.29. The highest BCUT2D eigenvalue weighted by molar-refractivity contribution is 5.96. The van der Waals surface area contributed by atoms with Crippen molar-refractivity contribution >= 4 is 5.78 Å². The standard InChI is InChI=1S/C12H20O2/c1-4-11(13)12(14-5-2)8-6-7-10(3)9-12/h4,10H,1,5-9H2,2-3H3. The van der Waals surface area contributed by atoms with Gasteiger partial charge in [0.05, 0.1) is 0 Å². The highest BCUT2D eigenvalue weighted by Crippen LogP contribution is 2.36. The van der Waals surface area contributed by atoms with Gasteiger partial charge in [-0.1, -0.05) is 19.9 Å². The quantitative estimate of drug-likeness (QED) is 0.646. The maximum Gasteiger partial charge on any atom is 0.186 e. The van der Waals surface area contributed by atoms with Crippen molar-refractivity contribution in [3.63, 3.8) is 0 Å². The number of carbonyl (C=O) groups is 1. The lowest BCUT2D eigenvalue weighted by molar-refractivity contribution is -0.145. The molecule has 1 saturated carbocycles. The topological polar surface area (TPSA) is 26.3 Å². The van der Waals surface area contributed by atoms with Crippen LogP contribution in [0.3, 0.4) is 0 Å². The maximum atomic E-state index is 11.8. The van der Waals surface area contributed by atoms with Crippen molar-refractivity contribution in [1.82, 2.24) is 0 Å². The van der Waals surface area contributed by atoms with E-state index < -0.39 is 5.60 Å². The van der Waals surface area contributed by atoms with Crippen LogP contribution in [0.1, 0.15) is 39.5 Å². The second kappa shape index (κ2) is 4.74. The molecule has 0 aliphatic heterocycles. The van der Waals surface area contributed by atoms with Crippen LogP contribution in [0.4, 0.5) is 0 Å². The summed E-state index contributed by atoms with van der Waals surface area (Å²) in [5.74, 6) is 0.644. The molecule has 0 heterocycles. The Balaban J connectivity index is 2.79. The molecule has 1 fully saturated rings. The minimum absolute atomic E-state index is 0.0610. The Labute approximate surface area is 86.3 Å². The van der Waals surface area contributed by atoms with Crippen LogP contribution in [0.25, 0.3) is 0 Å². The van der Waals surface area contributed by atoms with E-state index in [9.17, 15) is 4.79 Å². The molecule has 0 saturated heterocycles. The molecule has 0 radical (unpaired) electrons. The SMILES string of the molecule is C=CC(=O)C1(OCC)CCCC(C)C1. The fraction of sp³-hybridized carbons (Fsp3) is 0.750. The van der Waals surface area contributed by atoms with E-state index in [2.05, 4.69) is 13.5 Å². The van der Waals surface area contributed by atoms with E-state index in [0.29, 0.717) is 12.5 Å². The van der Waals surface area contributed by atoms with Crippen LogP contribution in [-0.4, -0.2) is 18.0 Å². The summed E-state index contributed by atoms with van der Waals surface area (Å²) in [5, 5.41) is 0. The van der Waals surface area contributed by atoms with E-state index in [4.69, 9.17) is 4.74 Å². The van der Waals surface area contributed by atoms with Crippen molar-refractivity contribution in [2.45, 2.75) is 45.1 Å². The molecule has 0 bridgehead atoms. The van der Waals surface area contributed by atoms with E-state index in [1.807, 2.05) is 6.92 Å². The van der Waals surface area contributed by atoms with E-state index in [1.54, 1.807) is 0 Å². The third kappa shape index (κ3) is 2.24. The maximum absolute atomic E-state index is 11.8. The molecule has 0 amide bonds. The van der Waals surface area contributed by atoms with Crippen molar-refractivity contribution in [2.24, 2.45) is 5.92 Å². The van der Waals surface area contributed by atoms with Gasteiger partial charge in [-0.2, -0.15) is 0 Å². The van der Waals surface area contributed by atoms with Crippen molar-refractivity contribution < 1.29 is 9.53 Å². The van der Waals surface area contributed by atoms with E-state index in [0.717, 1.165) is 19.3 Å². The molecular weight excluding hydrogens is 176 g/mol. The Hall–Kier alpha value is -0.630. The van der Waals surface area contributed by atoms with E-state index in [1.165, 1.54) is 12.5 Å². The molecule has 2 heteroatoms. The molecule has 1 aliphatic carbocycles. The first kappa shape index (κ1) is 11.4. The molecular formula is C12H20O2. The van der Waals surface area contributed by atoms with Gasteiger partial charge in [-0.15, -0.1) is 0 Å². The number of hydrogen-bond donors (Lipinski definition) is 0. The average molecular weight is 196 g/mol. The van der Waals surface area contributed by atoms with Crippen molar-refractivity contribution in [2.75, 3.05) is 6.61 Å². The molecule has 1 rings (SSSR count). The van der Waals surface area contributed by atoms with Gasteiger partial charge in [0.1, 0.15) is 5.60 Å². The molecule has 0 aromatic rings. The van der Waals surface area contributed by atoms with Gasteiger partial charge in [-0.05, 0) is 38.2 Å². The fourth-order valence-corrected chi connectivity index (χ4v) is 2.39. The van der Waals surface area contributed by atoms with Crippen LogP contribution in [0.2, 0.25) is 0 Å². The third-order valence-electron chi connectivity index (χ3n) is 3.01. The molecule has 14 heavy (non-hydrogen) atoms. The summed E-state index contributed by atoms with van der Waals surface area (Å²) in [6, 6.07) is 0. The number of ether oxygens (including phenoxy) is 1. The van der Waals surface area contributed by atoms with Gasteiger partial charge in [0, 0.05) is 6.61 Å². The average Bonchev–Trinajstić information content (AvgIpc) is 2.17. The number of carbonyl (C=O) groups excluding carboxylic acids is 1. The predicted octanol–water partition coefficient (Wildman–Crippen LogP) is 2.73. The number of ketones is 1. The van der Waals surface area contributed by atoms with Gasteiger partial charge in [0.2, 0.25) is 0 Å². The Kier molecular flexibility index (Phi) is 3.87. The lowest BCUT2D eigenvalue weighted by Gasteiger charge is -2.37. The summed E-state index contributed by atoms with van der Waals surface area (Å²) in [7, 11) is 0. The minimum atomic E-state index is -0.547. The second-order valence-corrected chi connectivity index (χ2v) is 4.20. The zero-order chi connectivity index (χ0) is 10.6.